The lowest BCUT2D eigenvalue weighted by Gasteiger charge is -2.06. The Labute approximate surface area is 71.4 Å². The predicted octanol–water partition coefficient (Wildman–Crippen LogP) is 1.04. The van der Waals surface area contributed by atoms with Crippen molar-refractivity contribution < 1.29 is 4.79 Å². The summed E-state index contributed by atoms with van der Waals surface area (Å²) in [7, 11) is 0. The van der Waals surface area contributed by atoms with Gasteiger partial charge >= 0.3 is 0 Å². The molecule has 62 valence electrons. The van der Waals surface area contributed by atoms with Crippen molar-refractivity contribution >= 4 is 17.7 Å². The first-order chi connectivity index (χ1) is 5.34. The first-order valence-corrected chi connectivity index (χ1v) is 4.96. The van der Waals surface area contributed by atoms with E-state index in [1.165, 1.54) is 0 Å². The standard InChI is InChI=1S/C8H13NOS/c1-2-4-9-8(10)7-3-5-11-6-7/h2,7H,1,3-6H2,(H,9,10). The fourth-order valence-corrected chi connectivity index (χ4v) is 2.28. The number of carbonyl (C=O) groups is 1. The van der Waals surface area contributed by atoms with Crippen LogP contribution in [-0.2, 0) is 4.79 Å². The molecule has 1 amide bonds. The molecule has 0 aromatic rings. The molecule has 0 aromatic heterocycles. The fraction of sp³-hybridized carbons (Fsp3) is 0.625. The Hall–Kier alpha value is -0.440. The van der Waals surface area contributed by atoms with Crippen molar-refractivity contribution in [3.8, 4) is 0 Å². The van der Waals surface area contributed by atoms with Gasteiger partial charge in [0.1, 0.15) is 0 Å². The molecule has 0 spiro atoms. The molecule has 0 radical (unpaired) electrons. The molecule has 1 aliphatic heterocycles. The second-order valence-electron chi connectivity index (χ2n) is 2.59. The number of nitrogens with one attached hydrogen (secondary N) is 1. The van der Waals surface area contributed by atoms with E-state index in [1.54, 1.807) is 6.08 Å². The highest BCUT2D eigenvalue weighted by Gasteiger charge is 2.21. The van der Waals surface area contributed by atoms with Gasteiger partial charge in [0.15, 0.2) is 0 Å². The van der Waals surface area contributed by atoms with Crippen LogP contribution in [0.5, 0.6) is 0 Å². The Morgan fingerprint density at radius 3 is 3.18 bits per heavy atom. The van der Waals surface area contributed by atoms with Gasteiger partial charge in [-0.25, -0.2) is 0 Å². The Bertz CT molecular complexity index is 152. The summed E-state index contributed by atoms with van der Waals surface area (Å²) in [4.78, 5) is 11.2. The van der Waals surface area contributed by atoms with Crippen molar-refractivity contribution in [2.24, 2.45) is 5.92 Å². The number of rotatable bonds is 3. The third-order valence-electron chi connectivity index (χ3n) is 1.72. The summed E-state index contributed by atoms with van der Waals surface area (Å²) in [6.45, 7) is 4.14. The Balaban J connectivity index is 2.22. The van der Waals surface area contributed by atoms with Gasteiger partial charge in [-0.3, -0.25) is 4.79 Å². The molecule has 0 saturated carbocycles. The molecule has 1 unspecified atom stereocenters. The minimum absolute atomic E-state index is 0.190. The Kier molecular flexibility index (Phi) is 3.49. The molecule has 3 heteroatoms. The molecular formula is C8H13NOS. The van der Waals surface area contributed by atoms with Gasteiger partial charge in [0.2, 0.25) is 5.91 Å². The quantitative estimate of drug-likeness (QED) is 0.643. The van der Waals surface area contributed by atoms with Crippen LogP contribution < -0.4 is 5.32 Å². The molecule has 1 rings (SSSR count). The van der Waals surface area contributed by atoms with Crippen molar-refractivity contribution in [2.45, 2.75) is 6.42 Å². The van der Waals surface area contributed by atoms with Crippen molar-refractivity contribution in [3.05, 3.63) is 12.7 Å². The largest absolute Gasteiger partial charge is 0.352 e. The monoisotopic (exact) mass is 171 g/mol. The normalized spacial score (nSPS) is 23.1. The highest BCUT2D eigenvalue weighted by Crippen LogP contribution is 2.23. The molecule has 1 saturated heterocycles. The summed E-state index contributed by atoms with van der Waals surface area (Å²) in [5.41, 5.74) is 0. The van der Waals surface area contributed by atoms with E-state index in [4.69, 9.17) is 0 Å². The van der Waals surface area contributed by atoms with Crippen molar-refractivity contribution in [2.75, 3.05) is 18.1 Å². The summed E-state index contributed by atoms with van der Waals surface area (Å²) in [6, 6.07) is 0. The highest BCUT2D eigenvalue weighted by molar-refractivity contribution is 7.99. The van der Waals surface area contributed by atoms with E-state index < -0.39 is 0 Å². The Morgan fingerprint density at radius 1 is 1.82 bits per heavy atom. The molecule has 1 aliphatic rings. The second-order valence-corrected chi connectivity index (χ2v) is 3.74. The van der Waals surface area contributed by atoms with Crippen LogP contribution in [0.25, 0.3) is 0 Å². The minimum atomic E-state index is 0.190. The van der Waals surface area contributed by atoms with Gasteiger partial charge in [-0.1, -0.05) is 6.08 Å². The zero-order valence-electron chi connectivity index (χ0n) is 6.51. The van der Waals surface area contributed by atoms with E-state index in [1.807, 2.05) is 11.8 Å². The maximum absolute atomic E-state index is 11.2. The van der Waals surface area contributed by atoms with Crippen molar-refractivity contribution in [1.82, 2.24) is 5.32 Å². The molecule has 11 heavy (non-hydrogen) atoms. The molecule has 1 N–H and O–H groups in total. The highest BCUT2D eigenvalue weighted by atomic mass is 32.2. The third kappa shape index (κ3) is 2.58. The summed E-state index contributed by atoms with van der Waals surface area (Å²) in [6.07, 6.45) is 2.74. The van der Waals surface area contributed by atoms with E-state index >= 15 is 0 Å². The summed E-state index contributed by atoms with van der Waals surface area (Å²) < 4.78 is 0. The van der Waals surface area contributed by atoms with Gasteiger partial charge in [-0.15, -0.1) is 6.58 Å². The number of hydrogen-bond donors (Lipinski definition) is 1. The third-order valence-corrected chi connectivity index (χ3v) is 2.88. The Morgan fingerprint density at radius 2 is 2.64 bits per heavy atom. The number of hydrogen-bond acceptors (Lipinski definition) is 2. The smallest absolute Gasteiger partial charge is 0.224 e. The van der Waals surface area contributed by atoms with Crippen LogP contribution in [0.4, 0.5) is 0 Å². The van der Waals surface area contributed by atoms with Gasteiger partial charge in [0.05, 0.1) is 0 Å². The molecule has 2 nitrogen and oxygen atoms in total. The molecule has 1 atom stereocenters. The summed E-state index contributed by atoms with van der Waals surface area (Å²) in [5.74, 6) is 2.56. The van der Waals surface area contributed by atoms with E-state index in [0.29, 0.717) is 6.54 Å². The van der Waals surface area contributed by atoms with E-state index in [2.05, 4.69) is 11.9 Å². The SMILES string of the molecule is C=CCNC(=O)C1CCSC1. The van der Waals surface area contributed by atoms with Crippen LogP contribution >= 0.6 is 11.8 Å². The first-order valence-electron chi connectivity index (χ1n) is 3.81. The van der Waals surface area contributed by atoms with E-state index in [9.17, 15) is 4.79 Å². The minimum Gasteiger partial charge on any atom is -0.352 e. The second kappa shape index (κ2) is 4.44. The van der Waals surface area contributed by atoms with E-state index in [-0.39, 0.29) is 11.8 Å². The molecule has 0 aliphatic carbocycles. The predicted molar refractivity (Wildman–Crippen MR) is 48.6 cm³/mol. The maximum Gasteiger partial charge on any atom is 0.224 e. The maximum atomic E-state index is 11.2. The van der Waals surface area contributed by atoms with Crippen LogP contribution in [-0.4, -0.2) is 24.0 Å². The first kappa shape index (κ1) is 8.65. The van der Waals surface area contributed by atoms with Gasteiger partial charge < -0.3 is 5.32 Å². The van der Waals surface area contributed by atoms with E-state index in [0.717, 1.165) is 17.9 Å². The number of thioether (sulfide) groups is 1. The molecule has 0 bridgehead atoms. The van der Waals surface area contributed by atoms with Crippen molar-refractivity contribution in [3.63, 3.8) is 0 Å². The lowest BCUT2D eigenvalue weighted by Crippen LogP contribution is -2.30. The molecular weight excluding hydrogens is 158 g/mol. The van der Waals surface area contributed by atoms with Crippen LogP contribution in [0.2, 0.25) is 0 Å². The molecule has 0 aromatic carbocycles. The summed E-state index contributed by atoms with van der Waals surface area (Å²) in [5, 5.41) is 2.80. The van der Waals surface area contributed by atoms with Gasteiger partial charge in [-0.2, -0.15) is 11.8 Å². The number of carbonyl (C=O) groups excluding carboxylic acids is 1. The zero-order chi connectivity index (χ0) is 8.10. The van der Waals surface area contributed by atoms with Crippen LogP contribution in [0.15, 0.2) is 12.7 Å². The van der Waals surface area contributed by atoms with Gasteiger partial charge in [0, 0.05) is 18.2 Å². The number of amides is 1. The lowest BCUT2D eigenvalue weighted by molar-refractivity contribution is -0.124. The lowest BCUT2D eigenvalue weighted by atomic mass is 10.1. The summed E-state index contributed by atoms with van der Waals surface area (Å²) >= 11 is 1.86. The average Bonchev–Trinajstić information content (AvgIpc) is 2.52. The average molecular weight is 171 g/mol. The van der Waals surface area contributed by atoms with Crippen LogP contribution in [0.3, 0.4) is 0 Å². The van der Waals surface area contributed by atoms with Gasteiger partial charge in [0.25, 0.3) is 0 Å². The van der Waals surface area contributed by atoms with Crippen molar-refractivity contribution in [1.29, 1.82) is 0 Å². The zero-order valence-corrected chi connectivity index (χ0v) is 7.32. The van der Waals surface area contributed by atoms with Gasteiger partial charge in [-0.05, 0) is 12.2 Å². The molecule has 1 heterocycles. The van der Waals surface area contributed by atoms with Crippen LogP contribution in [0, 0.1) is 5.92 Å². The topological polar surface area (TPSA) is 29.1 Å². The molecule has 1 fully saturated rings. The fourth-order valence-electron chi connectivity index (χ4n) is 1.06. The van der Waals surface area contributed by atoms with Crippen LogP contribution in [0.1, 0.15) is 6.42 Å².